The maximum Gasteiger partial charge on any atom is 0.0581 e. The van der Waals surface area contributed by atoms with Crippen LogP contribution in [0.2, 0.25) is 0 Å². The molecule has 66 valence electrons. The van der Waals surface area contributed by atoms with Crippen molar-refractivity contribution < 1.29 is 4.74 Å². The zero-order chi connectivity index (χ0) is 8.27. The summed E-state index contributed by atoms with van der Waals surface area (Å²) in [6, 6.07) is 0. The summed E-state index contributed by atoms with van der Waals surface area (Å²) in [5.41, 5.74) is 0. The molecule has 2 atom stereocenters. The highest BCUT2D eigenvalue weighted by molar-refractivity contribution is 4.69. The highest BCUT2D eigenvalue weighted by atomic mass is 16.5. The highest BCUT2D eigenvalue weighted by Crippen LogP contribution is 2.23. The number of ether oxygens (including phenoxy) is 1. The first kappa shape index (κ1) is 9.05. The molecule has 1 heterocycles. The molecule has 0 saturated carbocycles. The Bertz CT molecular complexity index is 107. The first-order valence-electron chi connectivity index (χ1n) is 4.84. The van der Waals surface area contributed by atoms with Crippen LogP contribution < -0.4 is 0 Å². The van der Waals surface area contributed by atoms with E-state index in [2.05, 4.69) is 20.8 Å². The van der Waals surface area contributed by atoms with Crippen LogP contribution in [-0.4, -0.2) is 12.2 Å². The Hall–Kier alpha value is -0.0400. The third-order valence-corrected chi connectivity index (χ3v) is 2.30. The van der Waals surface area contributed by atoms with Gasteiger partial charge in [-0.2, -0.15) is 0 Å². The van der Waals surface area contributed by atoms with Crippen LogP contribution >= 0.6 is 0 Å². The van der Waals surface area contributed by atoms with Crippen molar-refractivity contribution in [3.8, 4) is 0 Å². The second kappa shape index (κ2) is 4.10. The molecule has 0 bridgehead atoms. The van der Waals surface area contributed by atoms with Crippen LogP contribution in [0.3, 0.4) is 0 Å². The molecule has 0 aromatic heterocycles. The first-order valence-corrected chi connectivity index (χ1v) is 4.84. The van der Waals surface area contributed by atoms with Crippen LogP contribution in [0.4, 0.5) is 0 Å². The Morgan fingerprint density at radius 3 is 2.64 bits per heavy atom. The van der Waals surface area contributed by atoms with Gasteiger partial charge in [0.2, 0.25) is 0 Å². The second-order valence-corrected chi connectivity index (χ2v) is 4.13. The molecule has 1 aliphatic heterocycles. The summed E-state index contributed by atoms with van der Waals surface area (Å²) < 4.78 is 5.80. The Labute approximate surface area is 70.1 Å². The van der Waals surface area contributed by atoms with E-state index < -0.39 is 0 Å². The number of hydrogen-bond donors (Lipinski definition) is 0. The quantitative estimate of drug-likeness (QED) is 0.597. The fourth-order valence-electron chi connectivity index (χ4n) is 1.80. The summed E-state index contributed by atoms with van der Waals surface area (Å²) in [6.07, 6.45) is 6.20. The van der Waals surface area contributed by atoms with E-state index in [1.165, 1.54) is 25.7 Å². The second-order valence-electron chi connectivity index (χ2n) is 4.13. The van der Waals surface area contributed by atoms with Crippen molar-refractivity contribution in [3.05, 3.63) is 0 Å². The summed E-state index contributed by atoms with van der Waals surface area (Å²) in [4.78, 5) is 0. The van der Waals surface area contributed by atoms with Gasteiger partial charge < -0.3 is 4.74 Å². The van der Waals surface area contributed by atoms with Gasteiger partial charge in [-0.15, -0.1) is 0 Å². The first-order chi connectivity index (χ1) is 5.18. The van der Waals surface area contributed by atoms with Gasteiger partial charge in [0.15, 0.2) is 0 Å². The van der Waals surface area contributed by atoms with Crippen LogP contribution in [0.25, 0.3) is 0 Å². The van der Waals surface area contributed by atoms with E-state index in [9.17, 15) is 0 Å². The zero-order valence-corrected chi connectivity index (χ0v) is 7.97. The molecular weight excluding hydrogens is 136 g/mol. The van der Waals surface area contributed by atoms with Crippen molar-refractivity contribution in [3.63, 3.8) is 0 Å². The van der Waals surface area contributed by atoms with Crippen molar-refractivity contribution in [2.75, 3.05) is 0 Å². The maximum absolute atomic E-state index is 5.80. The molecule has 1 aliphatic rings. The molecule has 0 aromatic rings. The molecule has 1 rings (SSSR count). The summed E-state index contributed by atoms with van der Waals surface area (Å²) in [7, 11) is 0. The van der Waals surface area contributed by atoms with Gasteiger partial charge in [0, 0.05) is 0 Å². The molecule has 0 aromatic carbocycles. The minimum Gasteiger partial charge on any atom is -0.375 e. The smallest absolute Gasteiger partial charge is 0.0581 e. The lowest BCUT2D eigenvalue weighted by Gasteiger charge is -2.28. The van der Waals surface area contributed by atoms with Crippen LogP contribution in [0.15, 0.2) is 0 Å². The van der Waals surface area contributed by atoms with E-state index in [1.54, 1.807) is 0 Å². The standard InChI is InChI=1S/C10H20O/c1-8(2)7-10-6-4-5-9(3)11-10/h8-10H,4-7H2,1-3H3/t9-,10-/m1/s1. The molecule has 0 N–H and O–H groups in total. The van der Waals surface area contributed by atoms with Crippen molar-refractivity contribution in [2.45, 2.75) is 58.7 Å². The van der Waals surface area contributed by atoms with Crippen LogP contribution in [0.1, 0.15) is 46.5 Å². The molecule has 1 saturated heterocycles. The number of rotatable bonds is 2. The third-order valence-electron chi connectivity index (χ3n) is 2.30. The largest absolute Gasteiger partial charge is 0.375 e. The van der Waals surface area contributed by atoms with E-state index >= 15 is 0 Å². The molecule has 0 radical (unpaired) electrons. The minimum absolute atomic E-state index is 0.507. The monoisotopic (exact) mass is 156 g/mol. The predicted octanol–water partition coefficient (Wildman–Crippen LogP) is 2.99. The van der Waals surface area contributed by atoms with Crippen molar-refractivity contribution in [2.24, 2.45) is 5.92 Å². The summed E-state index contributed by atoms with van der Waals surface area (Å²) in [6.45, 7) is 6.72. The zero-order valence-electron chi connectivity index (χ0n) is 7.97. The van der Waals surface area contributed by atoms with Gasteiger partial charge in [0.1, 0.15) is 0 Å². The average molecular weight is 156 g/mol. The van der Waals surface area contributed by atoms with E-state index in [0.29, 0.717) is 12.2 Å². The molecule has 0 spiro atoms. The van der Waals surface area contributed by atoms with Crippen LogP contribution in [-0.2, 0) is 4.74 Å². The fourth-order valence-corrected chi connectivity index (χ4v) is 1.80. The molecule has 11 heavy (non-hydrogen) atoms. The Balaban J connectivity index is 2.23. The van der Waals surface area contributed by atoms with Gasteiger partial charge in [-0.05, 0) is 38.5 Å². The third kappa shape index (κ3) is 3.24. The lowest BCUT2D eigenvalue weighted by atomic mass is 9.97. The summed E-state index contributed by atoms with van der Waals surface area (Å²) in [5, 5.41) is 0. The normalized spacial score (nSPS) is 32.7. The van der Waals surface area contributed by atoms with Gasteiger partial charge in [-0.1, -0.05) is 13.8 Å². The summed E-state index contributed by atoms with van der Waals surface area (Å²) >= 11 is 0. The molecule has 0 amide bonds. The van der Waals surface area contributed by atoms with Crippen molar-refractivity contribution >= 4 is 0 Å². The van der Waals surface area contributed by atoms with Gasteiger partial charge in [-0.3, -0.25) is 0 Å². The Morgan fingerprint density at radius 2 is 2.09 bits per heavy atom. The lowest BCUT2D eigenvalue weighted by Crippen LogP contribution is -2.26. The molecule has 1 nitrogen and oxygen atoms in total. The topological polar surface area (TPSA) is 9.23 Å². The van der Waals surface area contributed by atoms with Crippen LogP contribution in [0, 0.1) is 5.92 Å². The van der Waals surface area contributed by atoms with Crippen molar-refractivity contribution in [1.82, 2.24) is 0 Å². The molecule has 0 aliphatic carbocycles. The summed E-state index contributed by atoms with van der Waals surface area (Å²) in [5.74, 6) is 0.783. The van der Waals surface area contributed by atoms with Gasteiger partial charge in [-0.25, -0.2) is 0 Å². The lowest BCUT2D eigenvalue weighted by molar-refractivity contribution is -0.0483. The van der Waals surface area contributed by atoms with E-state index in [0.717, 1.165) is 5.92 Å². The fraction of sp³-hybridized carbons (Fsp3) is 1.00. The van der Waals surface area contributed by atoms with E-state index in [1.807, 2.05) is 0 Å². The van der Waals surface area contributed by atoms with E-state index in [4.69, 9.17) is 4.74 Å². The molecule has 1 heteroatoms. The van der Waals surface area contributed by atoms with Crippen molar-refractivity contribution in [1.29, 1.82) is 0 Å². The van der Waals surface area contributed by atoms with Crippen LogP contribution in [0.5, 0.6) is 0 Å². The van der Waals surface area contributed by atoms with Gasteiger partial charge in [0.25, 0.3) is 0 Å². The highest BCUT2D eigenvalue weighted by Gasteiger charge is 2.19. The van der Waals surface area contributed by atoms with E-state index in [-0.39, 0.29) is 0 Å². The number of hydrogen-bond acceptors (Lipinski definition) is 1. The molecule has 0 unspecified atom stereocenters. The molecular formula is C10H20O. The Morgan fingerprint density at radius 1 is 1.36 bits per heavy atom. The Kier molecular flexibility index (Phi) is 3.38. The van der Waals surface area contributed by atoms with Gasteiger partial charge in [0.05, 0.1) is 12.2 Å². The SMILES string of the molecule is CC(C)C[C@H]1CCC[C@@H](C)O1. The molecule has 1 fully saturated rings. The predicted molar refractivity (Wildman–Crippen MR) is 47.6 cm³/mol. The minimum atomic E-state index is 0.507. The van der Waals surface area contributed by atoms with Gasteiger partial charge >= 0.3 is 0 Å². The average Bonchev–Trinajstić information content (AvgIpc) is 1.85. The maximum atomic E-state index is 5.80.